The number of fused-ring (bicyclic) bond motifs is 1. The van der Waals surface area contributed by atoms with Crippen molar-refractivity contribution in [3.8, 4) is 0 Å². The second-order valence-corrected chi connectivity index (χ2v) is 6.76. The summed E-state index contributed by atoms with van der Waals surface area (Å²) in [6.45, 7) is 2.21. The second kappa shape index (κ2) is 7.60. The molecule has 1 aromatic heterocycles. The van der Waals surface area contributed by atoms with Gasteiger partial charge >= 0.3 is 0 Å². The number of benzene rings is 1. The van der Waals surface area contributed by atoms with Crippen LogP contribution in [0, 0.1) is 0 Å². The molecule has 0 atom stereocenters. The van der Waals surface area contributed by atoms with Crippen molar-refractivity contribution in [1.82, 2.24) is 9.97 Å². The first kappa shape index (κ1) is 14.5. The molecule has 0 fully saturated rings. The summed E-state index contributed by atoms with van der Waals surface area (Å²) in [6, 6.07) is 7.43. The summed E-state index contributed by atoms with van der Waals surface area (Å²) in [6.07, 6.45) is 5.07. The van der Waals surface area contributed by atoms with E-state index in [0.29, 0.717) is 10.5 Å². The first-order valence-corrected chi connectivity index (χ1v) is 8.91. The molecule has 1 N–H and O–H groups in total. The fraction of sp³-hybridized carbons (Fsp3) is 0.429. The highest BCUT2D eigenvalue weighted by molar-refractivity contribution is 8.76. The monoisotopic (exact) mass is 294 g/mol. The molecule has 1 heterocycles. The maximum absolute atomic E-state index is 11.9. The third-order valence-corrected chi connectivity index (χ3v) is 5.06. The van der Waals surface area contributed by atoms with Gasteiger partial charge in [-0.3, -0.25) is 4.79 Å². The largest absolute Gasteiger partial charge is 0.300 e. The van der Waals surface area contributed by atoms with Crippen molar-refractivity contribution in [3.63, 3.8) is 0 Å². The minimum Gasteiger partial charge on any atom is -0.300 e. The van der Waals surface area contributed by atoms with Gasteiger partial charge in [-0.2, -0.15) is 0 Å². The van der Waals surface area contributed by atoms with Gasteiger partial charge in [-0.05, 0) is 29.3 Å². The minimum atomic E-state index is -0.0558. The van der Waals surface area contributed by atoms with Crippen molar-refractivity contribution in [2.45, 2.75) is 37.8 Å². The van der Waals surface area contributed by atoms with Crippen molar-refractivity contribution in [2.75, 3.05) is 5.75 Å². The van der Waals surface area contributed by atoms with Gasteiger partial charge in [0.1, 0.15) is 0 Å². The summed E-state index contributed by atoms with van der Waals surface area (Å²) in [5.41, 5.74) is 0.708. The van der Waals surface area contributed by atoms with Crippen LogP contribution in [0.2, 0.25) is 0 Å². The normalized spacial score (nSPS) is 11.0. The van der Waals surface area contributed by atoms with Crippen molar-refractivity contribution in [2.24, 2.45) is 0 Å². The van der Waals surface area contributed by atoms with E-state index in [-0.39, 0.29) is 5.56 Å². The van der Waals surface area contributed by atoms with E-state index in [1.807, 2.05) is 18.2 Å². The molecule has 0 aliphatic carbocycles. The van der Waals surface area contributed by atoms with Crippen LogP contribution in [0.5, 0.6) is 0 Å². The number of hydrogen-bond donors (Lipinski definition) is 1. The number of hydrogen-bond acceptors (Lipinski definition) is 4. The van der Waals surface area contributed by atoms with Crippen LogP contribution >= 0.6 is 21.6 Å². The van der Waals surface area contributed by atoms with Crippen molar-refractivity contribution >= 4 is 32.5 Å². The molecule has 102 valence electrons. The lowest BCUT2D eigenvalue weighted by molar-refractivity contribution is 0.707. The molecular weight excluding hydrogens is 276 g/mol. The topological polar surface area (TPSA) is 45.8 Å². The Labute approximate surface area is 121 Å². The molecular formula is C14H18N2OS2. The number of aromatic nitrogens is 2. The van der Waals surface area contributed by atoms with Crippen LogP contribution in [0.1, 0.15) is 32.6 Å². The van der Waals surface area contributed by atoms with E-state index in [1.54, 1.807) is 27.7 Å². The number of para-hydroxylation sites is 1. The Hall–Kier alpha value is -0.940. The van der Waals surface area contributed by atoms with Gasteiger partial charge in [-0.1, -0.05) is 49.1 Å². The molecule has 1 aromatic carbocycles. The fourth-order valence-electron chi connectivity index (χ4n) is 1.79. The Morgan fingerprint density at radius 3 is 2.89 bits per heavy atom. The number of H-pyrrole nitrogens is 1. The maximum Gasteiger partial charge on any atom is 0.259 e. The van der Waals surface area contributed by atoms with Gasteiger partial charge in [-0.25, -0.2) is 4.98 Å². The molecule has 0 bridgehead atoms. The average molecular weight is 294 g/mol. The van der Waals surface area contributed by atoms with E-state index in [9.17, 15) is 4.79 Å². The van der Waals surface area contributed by atoms with E-state index < -0.39 is 0 Å². The average Bonchev–Trinajstić information content (AvgIpc) is 2.43. The molecule has 0 unspecified atom stereocenters. The minimum absolute atomic E-state index is 0.0558. The van der Waals surface area contributed by atoms with Crippen LogP contribution < -0.4 is 5.56 Å². The molecule has 0 saturated heterocycles. The highest BCUT2D eigenvalue weighted by Crippen LogP contribution is 2.29. The van der Waals surface area contributed by atoms with Crippen LogP contribution in [0.4, 0.5) is 0 Å². The van der Waals surface area contributed by atoms with Crippen LogP contribution in [0.3, 0.4) is 0 Å². The van der Waals surface area contributed by atoms with Gasteiger partial charge in [-0.15, -0.1) is 0 Å². The zero-order valence-electron chi connectivity index (χ0n) is 11.0. The van der Waals surface area contributed by atoms with Crippen LogP contribution in [-0.2, 0) is 0 Å². The van der Waals surface area contributed by atoms with Crippen LogP contribution in [0.25, 0.3) is 10.9 Å². The van der Waals surface area contributed by atoms with Crippen LogP contribution in [0.15, 0.2) is 34.2 Å². The van der Waals surface area contributed by atoms with E-state index in [1.165, 1.54) is 25.7 Å². The summed E-state index contributed by atoms with van der Waals surface area (Å²) in [5.74, 6) is 1.10. The first-order chi connectivity index (χ1) is 9.31. The summed E-state index contributed by atoms with van der Waals surface area (Å²) in [5, 5.41) is 1.35. The lowest BCUT2D eigenvalue weighted by Crippen LogP contribution is -2.08. The lowest BCUT2D eigenvalue weighted by Gasteiger charge is -2.02. The standard InChI is InChI=1S/C14H18N2OS2/c1-2-3-4-7-10-18-19-14-15-12-9-6-5-8-11(12)13(17)16-14/h5-6,8-9H,2-4,7,10H2,1H3,(H,15,16,17). The Morgan fingerprint density at radius 1 is 1.21 bits per heavy atom. The number of unbranched alkanes of at least 4 members (excludes halogenated alkanes) is 3. The zero-order chi connectivity index (χ0) is 13.5. The third kappa shape index (κ3) is 4.28. The number of nitrogens with zero attached hydrogens (tertiary/aromatic N) is 1. The van der Waals surface area contributed by atoms with E-state index in [2.05, 4.69) is 16.9 Å². The van der Waals surface area contributed by atoms with Crippen molar-refractivity contribution < 1.29 is 0 Å². The molecule has 2 rings (SSSR count). The highest BCUT2D eigenvalue weighted by Gasteiger charge is 2.03. The SMILES string of the molecule is CCCCCCSSc1nc2ccccc2c(=O)[nH]1. The molecule has 0 radical (unpaired) electrons. The van der Waals surface area contributed by atoms with Crippen molar-refractivity contribution in [3.05, 3.63) is 34.6 Å². The molecule has 0 aliphatic heterocycles. The van der Waals surface area contributed by atoms with Gasteiger partial charge in [0.05, 0.1) is 10.9 Å². The Balaban J connectivity index is 1.92. The summed E-state index contributed by atoms with van der Waals surface area (Å²) in [7, 11) is 3.32. The number of rotatable bonds is 7. The van der Waals surface area contributed by atoms with Gasteiger partial charge < -0.3 is 4.98 Å². The van der Waals surface area contributed by atoms with Crippen molar-refractivity contribution in [1.29, 1.82) is 0 Å². The van der Waals surface area contributed by atoms with Crippen LogP contribution in [-0.4, -0.2) is 15.7 Å². The second-order valence-electron chi connectivity index (χ2n) is 4.35. The molecule has 0 amide bonds. The fourth-order valence-corrected chi connectivity index (χ4v) is 3.75. The summed E-state index contributed by atoms with van der Waals surface area (Å²) in [4.78, 5) is 19.1. The molecule has 0 spiro atoms. The molecule has 0 saturated carbocycles. The molecule has 5 heteroatoms. The Bertz CT molecular complexity index is 583. The molecule has 0 aliphatic rings. The quantitative estimate of drug-likeness (QED) is 0.471. The van der Waals surface area contributed by atoms with Gasteiger partial charge in [0, 0.05) is 5.75 Å². The van der Waals surface area contributed by atoms with Gasteiger partial charge in [0.2, 0.25) is 0 Å². The van der Waals surface area contributed by atoms with E-state index >= 15 is 0 Å². The predicted molar refractivity (Wildman–Crippen MR) is 84.8 cm³/mol. The molecule has 19 heavy (non-hydrogen) atoms. The molecule has 2 aromatic rings. The van der Waals surface area contributed by atoms with E-state index in [4.69, 9.17) is 0 Å². The smallest absolute Gasteiger partial charge is 0.259 e. The predicted octanol–water partition coefficient (Wildman–Crippen LogP) is 4.24. The number of aromatic amines is 1. The lowest BCUT2D eigenvalue weighted by atomic mass is 10.2. The Kier molecular flexibility index (Phi) is 5.79. The van der Waals surface area contributed by atoms with E-state index in [0.717, 1.165) is 11.3 Å². The summed E-state index contributed by atoms with van der Waals surface area (Å²) >= 11 is 0. The maximum atomic E-state index is 11.9. The number of nitrogens with one attached hydrogen (secondary N) is 1. The summed E-state index contributed by atoms with van der Waals surface area (Å²) < 4.78 is 0. The molecule has 3 nitrogen and oxygen atoms in total. The first-order valence-electron chi connectivity index (χ1n) is 6.60. The van der Waals surface area contributed by atoms with Gasteiger partial charge in [0.25, 0.3) is 5.56 Å². The van der Waals surface area contributed by atoms with Gasteiger partial charge in [0.15, 0.2) is 5.16 Å². The zero-order valence-corrected chi connectivity index (χ0v) is 12.6. The highest BCUT2D eigenvalue weighted by atomic mass is 33.1. The Morgan fingerprint density at radius 2 is 2.05 bits per heavy atom. The third-order valence-electron chi connectivity index (χ3n) is 2.81.